The summed E-state index contributed by atoms with van der Waals surface area (Å²) >= 11 is 8.57. The maximum absolute atomic E-state index is 13.4. The van der Waals surface area contributed by atoms with Gasteiger partial charge in [0.15, 0.2) is 0 Å². The van der Waals surface area contributed by atoms with Gasteiger partial charge in [-0.05, 0) is 28.1 Å². The largest absolute Gasteiger partial charge is 0.299 e. The Balaban J connectivity index is 2.56. The van der Waals surface area contributed by atoms with Crippen molar-refractivity contribution in [1.82, 2.24) is 0 Å². The molecule has 0 N–H and O–H groups in total. The lowest BCUT2D eigenvalue weighted by molar-refractivity contribution is -0.114. The number of ketones is 1. The molecule has 3 nitrogen and oxygen atoms in total. The SMILES string of the molecule is C=C(Cl)CN1C(=O)C(=O)c2cc(Br)c(F)cc21. The number of anilines is 1. The summed E-state index contributed by atoms with van der Waals surface area (Å²) in [5.41, 5.74) is 0.392. The number of carbonyl (C=O) groups is 2. The molecular weight excluding hydrogens is 312 g/mol. The predicted octanol–water partition coefficient (Wildman–Crippen LogP) is 2.87. The normalized spacial score (nSPS) is 14.2. The lowest BCUT2D eigenvalue weighted by Crippen LogP contribution is -2.30. The zero-order chi connectivity index (χ0) is 12.7. The number of hydrogen-bond donors (Lipinski definition) is 0. The Labute approximate surface area is 110 Å². The predicted molar refractivity (Wildman–Crippen MR) is 65.8 cm³/mol. The molecule has 0 unspecified atom stereocenters. The van der Waals surface area contributed by atoms with E-state index in [0.29, 0.717) is 0 Å². The summed E-state index contributed by atoms with van der Waals surface area (Å²) in [6.45, 7) is 3.43. The minimum Gasteiger partial charge on any atom is -0.299 e. The number of halogens is 3. The van der Waals surface area contributed by atoms with Crippen LogP contribution in [0.15, 0.2) is 28.2 Å². The fourth-order valence-electron chi connectivity index (χ4n) is 1.62. The van der Waals surface area contributed by atoms with Crippen LogP contribution >= 0.6 is 27.5 Å². The summed E-state index contributed by atoms with van der Waals surface area (Å²) < 4.78 is 13.5. The van der Waals surface area contributed by atoms with Crippen LogP contribution < -0.4 is 4.90 Å². The monoisotopic (exact) mass is 317 g/mol. The van der Waals surface area contributed by atoms with E-state index in [2.05, 4.69) is 22.5 Å². The number of rotatable bonds is 2. The number of carbonyl (C=O) groups excluding carboxylic acids is 2. The molecule has 0 bridgehead atoms. The maximum Gasteiger partial charge on any atom is 0.299 e. The van der Waals surface area contributed by atoms with E-state index >= 15 is 0 Å². The third-order valence-corrected chi connectivity index (χ3v) is 3.07. The van der Waals surface area contributed by atoms with Gasteiger partial charge in [0.05, 0.1) is 22.3 Å². The van der Waals surface area contributed by atoms with Gasteiger partial charge in [-0.25, -0.2) is 4.39 Å². The van der Waals surface area contributed by atoms with Crippen LogP contribution in [0.2, 0.25) is 0 Å². The van der Waals surface area contributed by atoms with Crippen molar-refractivity contribution < 1.29 is 14.0 Å². The molecule has 1 amide bonds. The first kappa shape index (κ1) is 12.3. The average molecular weight is 319 g/mol. The molecule has 1 heterocycles. The van der Waals surface area contributed by atoms with Crippen molar-refractivity contribution in [1.29, 1.82) is 0 Å². The van der Waals surface area contributed by atoms with E-state index in [1.807, 2.05) is 0 Å². The number of Topliss-reactive ketones (excluding diaryl/α,β-unsaturated/α-hetero) is 1. The van der Waals surface area contributed by atoms with Gasteiger partial charge in [0, 0.05) is 5.03 Å². The molecule has 2 rings (SSSR count). The van der Waals surface area contributed by atoms with Crippen molar-refractivity contribution in [2.24, 2.45) is 0 Å². The van der Waals surface area contributed by atoms with Crippen LogP contribution in [0, 0.1) is 5.82 Å². The highest BCUT2D eigenvalue weighted by Crippen LogP contribution is 2.33. The van der Waals surface area contributed by atoms with Crippen molar-refractivity contribution in [2.75, 3.05) is 11.4 Å². The minimum absolute atomic E-state index is 0.0137. The quantitative estimate of drug-likeness (QED) is 0.786. The number of hydrogen-bond acceptors (Lipinski definition) is 2. The molecule has 1 aromatic rings. The molecule has 17 heavy (non-hydrogen) atoms. The summed E-state index contributed by atoms with van der Waals surface area (Å²) in [5, 5.41) is 0.197. The van der Waals surface area contributed by atoms with Gasteiger partial charge in [0.25, 0.3) is 11.7 Å². The molecule has 1 aliphatic heterocycles. The Bertz CT molecular complexity index is 559. The topological polar surface area (TPSA) is 37.4 Å². The lowest BCUT2D eigenvalue weighted by Gasteiger charge is -2.15. The van der Waals surface area contributed by atoms with Gasteiger partial charge in [0.1, 0.15) is 5.82 Å². The maximum atomic E-state index is 13.4. The van der Waals surface area contributed by atoms with Gasteiger partial charge < -0.3 is 0 Å². The average Bonchev–Trinajstić information content (AvgIpc) is 2.45. The fourth-order valence-corrected chi connectivity index (χ4v) is 2.08. The lowest BCUT2D eigenvalue weighted by atomic mass is 10.1. The van der Waals surface area contributed by atoms with E-state index in [9.17, 15) is 14.0 Å². The van der Waals surface area contributed by atoms with Crippen molar-refractivity contribution >= 4 is 44.9 Å². The molecule has 0 spiro atoms. The number of fused-ring (bicyclic) bond motifs is 1. The van der Waals surface area contributed by atoms with E-state index in [1.165, 1.54) is 6.07 Å². The van der Waals surface area contributed by atoms with Crippen molar-refractivity contribution in [3.63, 3.8) is 0 Å². The number of amides is 1. The third kappa shape index (κ3) is 2.00. The molecule has 0 fully saturated rings. The van der Waals surface area contributed by atoms with Crippen molar-refractivity contribution in [3.8, 4) is 0 Å². The zero-order valence-corrected chi connectivity index (χ0v) is 10.8. The van der Waals surface area contributed by atoms with E-state index < -0.39 is 17.5 Å². The molecular formula is C11H6BrClFNO2. The van der Waals surface area contributed by atoms with Gasteiger partial charge in [-0.1, -0.05) is 18.2 Å². The molecule has 88 valence electrons. The first-order valence-electron chi connectivity index (χ1n) is 4.60. The van der Waals surface area contributed by atoms with Gasteiger partial charge >= 0.3 is 0 Å². The van der Waals surface area contributed by atoms with E-state index in [0.717, 1.165) is 11.0 Å². The molecule has 0 aliphatic carbocycles. The van der Waals surface area contributed by atoms with Crippen LogP contribution in [0.5, 0.6) is 0 Å². The van der Waals surface area contributed by atoms with Crippen LogP contribution in [0.4, 0.5) is 10.1 Å². The summed E-state index contributed by atoms with van der Waals surface area (Å²) in [6.07, 6.45) is 0. The van der Waals surface area contributed by atoms with Crippen LogP contribution in [-0.4, -0.2) is 18.2 Å². The van der Waals surface area contributed by atoms with E-state index in [-0.39, 0.29) is 27.3 Å². The highest BCUT2D eigenvalue weighted by molar-refractivity contribution is 9.10. The molecule has 0 atom stereocenters. The van der Waals surface area contributed by atoms with E-state index in [1.54, 1.807) is 0 Å². The zero-order valence-electron chi connectivity index (χ0n) is 8.47. The van der Waals surface area contributed by atoms with Gasteiger partial charge in [-0.3, -0.25) is 14.5 Å². The molecule has 1 aromatic carbocycles. The molecule has 1 aliphatic rings. The first-order valence-corrected chi connectivity index (χ1v) is 5.77. The number of benzene rings is 1. The standard InChI is InChI=1S/C11H6BrClFNO2/c1-5(13)4-15-9-3-8(14)7(12)2-6(9)10(16)11(15)17/h2-3H,1,4H2. The van der Waals surface area contributed by atoms with Gasteiger partial charge in [0.2, 0.25) is 0 Å². The summed E-state index contributed by atoms with van der Waals surface area (Å²) in [4.78, 5) is 24.4. The van der Waals surface area contributed by atoms with Crippen molar-refractivity contribution in [2.45, 2.75) is 0 Å². The Morgan fingerprint density at radius 3 is 2.71 bits per heavy atom. The summed E-state index contributed by atoms with van der Waals surface area (Å²) in [5.74, 6) is -1.94. The summed E-state index contributed by atoms with van der Waals surface area (Å²) in [6, 6.07) is 2.42. The van der Waals surface area contributed by atoms with Crippen LogP contribution in [-0.2, 0) is 4.79 Å². The first-order chi connectivity index (χ1) is 7.91. The third-order valence-electron chi connectivity index (χ3n) is 2.34. The van der Waals surface area contributed by atoms with Gasteiger partial charge in [-0.15, -0.1) is 0 Å². The van der Waals surface area contributed by atoms with E-state index in [4.69, 9.17) is 11.6 Å². The molecule has 6 heteroatoms. The molecule has 0 radical (unpaired) electrons. The van der Waals surface area contributed by atoms with Crippen LogP contribution in [0.3, 0.4) is 0 Å². The van der Waals surface area contributed by atoms with Crippen LogP contribution in [0.1, 0.15) is 10.4 Å². The van der Waals surface area contributed by atoms with Gasteiger partial charge in [-0.2, -0.15) is 0 Å². The Hall–Kier alpha value is -1.20. The Morgan fingerprint density at radius 2 is 2.12 bits per heavy atom. The molecule has 0 saturated carbocycles. The second-order valence-electron chi connectivity index (χ2n) is 3.52. The van der Waals surface area contributed by atoms with Crippen LogP contribution in [0.25, 0.3) is 0 Å². The van der Waals surface area contributed by atoms with Crippen molar-refractivity contribution in [3.05, 3.63) is 39.6 Å². The smallest absolute Gasteiger partial charge is 0.299 e. The number of nitrogens with zero attached hydrogens (tertiary/aromatic N) is 1. The molecule has 0 saturated heterocycles. The Morgan fingerprint density at radius 1 is 1.47 bits per heavy atom. The molecule has 0 aromatic heterocycles. The second kappa shape index (κ2) is 4.23. The fraction of sp³-hybridized carbons (Fsp3) is 0.0909. The highest BCUT2D eigenvalue weighted by Gasteiger charge is 2.36. The summed E-state index contributed by atoms with van der Waals surface area (Å²) in [7, 11) is 0. The minimum atomic E-state index is -0.723. The second-order valence-corrected chi connectivity index (χ2v) is 4.91. The highest BCUT2D eigenvalue weighted by atomic mass is 79.9. The Kier molecular flexibility index (Phi) is 3.05.